The molecule has 1 aliphatic carbocycles. The van der Waals surface area contributed by atoms with Gasteiger partial charge in [-0.2, -0.15) is 0 Å². The molecule has 1 aliphatic heterocycles. The highest BCUT2D eigenvalue weighted by molar-refractivity contribution is 6.30. The van der Waals surface area contributed by atoms with Gasteiger partial charge in [-0.15, -0.1) is 0 Å². The molecule has 0 radical (unpaired) electrons. The minimum Gasteiger partial charge on any atom is -0.462 e. The number of rotatable bonds is 4. The number of ether oxygens (including phenoxy) is 1. The van der Waals surface area contributed by atoms with Crippen LogP contribution in [-0.2, 0) is 4.74 Å². The van der Waals surface area contributed by atoms with Gasteiger partial charge in [0, 0.05) is 18.1 Å². The van der Waals surface area contributed by atoms with Crippen LogP contribution < -0.4 is 4.90 Å². The van der Waals surface area contributed by atoms with Crippen molar-refractivity contribution in [2.75, 3.05) is 24.6 Å². The van der Waals surface area contributed by atoms with Gasteiger partial charge in [0.25, 0.3) is 0 Å². The lowest BCUT2D eigenvalue weighted by Gasteiger charge is -2.52. The highest BCUT2D eigenvalue weighted by Gasteiger charge is 2.46. The Labute approximate surface area is 164 Å². The van der Waals surface area contributed by atoms with Gasteiger partial charge in [0.2, 0.25) is 0 Å². The van der Waals surface area contributed by atoms with E-state index < -0.39 is 0 Å². The Hall–Kier alpha value is -2.07. The van der Waals surface area contributed by atoms with E-state index in [1.165, 1.54) is 6.07 Å². The molecule has 2 aromatic carbocycles. The second-order valence-electron chi connectivity index (χ2n) is 7.82. The molecule has 0 aromatic heterocycles. The maximum atomic E-state index is 14.1. The van der Waals surface area contributed by atoms with Gasteiger partial charge in [-0.3, -0.25) is 0 Å². The maximum absolute atomic E-state index is 14.1. The third kappa shape index (κ3) is 3.96. The molecule has 1 saturated heterocycles. The van der Waals surface area contributed by atoms with Crippen molar-refractivity contribution in [1.82, 2.24) is 0 Å². The molecule has 1 heterocycles. The van der Waals surface area contributed by atoms with Crippen molar-refractivity contribution in [2.24, 2.45) is 11.3 Å². The summed E-state index contributed by atoms with van der Waals surface area (Å²) in [5.74, 6) is -0.0235. The minimum absolute atomic E-state index is 0.213. The summed E-state index contributed by atoms with van der Waals surface area (Å²) in [6.45, 7) is 2.17. The van der Waals surface area contributed by atoms with E-state index in [-0.39, 0.29) is 11.8 Å². The van der Waals surface area contributed by atoms with Crippen molar-refractivity contribution >= 4 is 23.3 Å². The normalized spacial score (nSPS) is 19.0. The Bertz CT molecular complexity index is 810. The Kier molecular flexibility index (Phi) is 5.09. The lowest BCUT2D eigenvalue weighted by molar-refractivity contribution is -0.0181. The molecule has 0 unspecified atom stereocenters. The van der Waals surface area contributed by atoms with Gasteiger partial charge in [0.05, 0.1) is 17.9 Å². The third-order valence-corrected chi connectivity index (χ3v) is 6.21. The van der Waals surface area contributed by atoms with E-state index in [1.807, 2.05) is 18.2 Å². The molecule has 1 saturated carbocycles. The van der Waals surface area contributed by atoms with E-state index in [1.54, 1.807) is 24.3 Å². The van der Waals surface area contributed by atoms with E-state index in [0.717, 1.165) is 38.8 Å². The SMILES string of the molecule is O=C(OCC1CC2(CCN(c3cc(Cl)ccc3F)CC2)C1)c1ccccc1. The minimum atomic E-state index is -0.247. The predicted molar refractivity (Wildman–Crippen MR) is 105 cm³/mol. The maximum Gasteiger partial charge on any atom is 0.338 e. The summed E-state index contributed by atoms with van der Waals surface area (Å²) in [6.07, 6.45) is 4.26. The molecule has 2 aliphatic rings. The number of hydrogen-bond donors (Lipinski definition) is 0. The van der Waals surface area contributed by atoms with Gasteiger partial charge in [-0.25, -0.2) is 9.18 Å². The molecule has 0 amide bonds. The molecule has 0 N–H and O–H groups in total. The van der Waals surface area contributed by atoms with Crippen molar-refractivity contribution in [1.29, 1.82) is 0 Å². The van der Waals surface area contributed by atoms with Crippen molar-refractivity contribution in [3.63, 3.8) is 0 Å². The van der Waals surface area contributed by atoms with Crippen LogP contribution in [0.15, 0.2) is 48.5 Å². The average Bonchev–Trinajstić information content (AvgIpc) is 2.67. The second kappa shape index (κ2) is 7.51. The van der Waals surface area contributed by atoms with Crippen molar-refractivity contribution < 1.29 is 13.9 Å². The summed E-state index contributed by atoms with van der Waals surface area (Å²) in [5, 5.41) is 0.565. The topological polar surface area (TPSA) is 29.5 Å². The molecular formula is C22H23ClFNO2. The van der Waals surface area contributed by atoms with E-state index >= 15 is 0 Å². The lowest BCUT2D eigenvalue weighted by atomic mass is 9.58. The lowest BCUT2D eigenvalue weighted by Crippen LogP contribution is -2.48. The monoisotopic (exact) mass is 387 g/mol. The quantitative estimate of drug-likeness (QED) is 0.664. The number of hydrogen-bond acceptors (Lipinski definition) is 3. The first-order valence-corrected chi connectivity index (χ1v) is 9.85. The van der Waals surface area contributed by atoms with Gasteiger partial charge in [0.15, 0.2) is 0 Å². The first kappa shape index (κ1) is 18.3. The van der Waals surface area contributed by atoms with Crippen LogP contribution in [0, 0.1) is 17.2 Å². The highest BCUT2D eigenvalue weighted by atomic mass is 35.5. The fourth-order valence-corrected chi connectivity index (χ4v) is 4.66. The van der Waals surface area contributed by atoms with Crippen LogP contribution in [0.2, 0.25) is 5.02 Å². The molecule has 0 atom stereocenters. The fourth-order valence-electron chi connectivity index (χ4n) is 4.49. The summed E-state index contributed by atoms with van der Waals surface area (Å²) >= 11 is 6.02. The summed E-state index contributed by atoms with van der Waals surface area (Å²) in [4.78, 5) is 14.1. The van der Waals surface area contributed by atoms with Crippen molar-refractivity contribution in [3.05, 3.63) is 64.9 Å². The van der Waals surface area contributed by atoms with Crippen LogP contribution in [0.4, 0.5) is 10.1 Å². The first-order chi connectivity index (χ1) is 13.0. The molecule has 1 spiro atoms. The van der Waals surface area contributed by atoms with E-state index in [0.29, 0.717) is 34.2 Å². The average molecular weight is 388 g/mol. The molecule has 142 valence electrons. The van der Waals surface area contributed by atoms with Gasteiger partial charge in [-0.05, 0) is 67.3 Å². The number of anilines is 1. The Balaban J connectivity index is 1.25. The predicted octanol–water partition coefficient (Wildman–Crippen LogP) is 5.33. The van der Waals surface area contributed by atoms with E-state index in [4.69, 9.17) is 16.3 Å². The Morgan fingerprint density at radius 2 is 1.85 bits per heavy atom. The number of esters is 1. The summed E-state index contributed by atoms with van der Waals surface area (Å²) in [6, 6.07) is 13.8. The molecule has 5 heteroatoms. The van der Waals surface area contributed by atoms with Crippen LogP contribution in [0.25, 0.3) is 0 Å². The summed E-state index contributed by atoms with van der Waals surface area (Å²) in [7, 11) is 0. The Morgan fingerprint density at radius 3 is 2.56 bits per heavy atom. The standard InChI is InChI=1S/C22H23ClFNO2/c23-18-6-7-19(24)20(12-18)25-10-8-22(9-11-25)13-16(14-22)15-27-21(26)17-4-2-1-3-5-17/h1-7,12,16H,8-11,13-15H2. The van der Waals surface area contributed by atoms with E-state index in [9.17, 15) is 9.18 Å². The summed E-state index contributed by atoms with van der Waals surface area (Å²) < 4.78 is 19.5. The smallest absolute Gasteiger partial charge is 0.338 e. The Morgan fingerprint density at radius 1 is 1.15 bits per heavy atom. The number of carbonyl (C=O) groups excluding carboxylic acids is 1. The van der Waals surface area contributed by atoms with Crippen molar-refractivity contribution in [3.8, 4) is 0 Å². The third-order valence-electron chi connectivity index (χ3n) is 5.98. The number of nitrogens with zero attached hydrogens (tertiary/aromatic N) is 1. The highest BCUT2D eigenvalue weighted by Crippen LogP contribution is 2.53. The van der Waals surface area contributed by atoms with E-state index in [2.05, 4.69) is 4.90 Å². The number of piperidine rings is 1. The zero-order valence-corrected chi connectivity index (χ0v) is 15.9. The number of benzene rings is 2. The molecule has 2 aromatic rings. The molecule has 0 bridgehead atoms. The van der Waals surface area contributed by atoms with Crippen LogP contribution in [0.1, 0.15) is 36.0 Å². The van der Waals surface area contributed by atoms with Gasteiger partial charge in [0.1, 0.15) is 5.82 Å². The molecule has 4 rings (SSSR count). The van der Waals surface area contributed by atoms with Gasteiger partial charge in [-0.1, -0.05) is 29.8 Å². The molecule has 27 heavy (non-hydrogen) atoms. The van der Waals surface area contributed by atoms with Gasteiger partial charge >= 0.3 is 5.97 Å². The number of halogens is 2. The van der Waals surface area contributed by atoms with Gasteiger partial charge < -0.3 is 9.64 Å². The molecule has 2 fully saturated rings. The molecule has 3 nitrogen and oxygen atoms in total. The van der Waals surface area contributed by atoms with Crippen LogP contribution in [0.3, 0.4) is 0 Å². The number of carbonyl (C=O) groups is 1. The molecular weight excluding hydrogens is 365 g/mol. The van der Waals surface area contributed by atoms with Crippen LogP contribution in [-0.4, -0.2) is 25.7 Å². The zero-order chi connectivity index (χ0) is 18.9. The second-order valence-corrected chi connectivity index (χ2v) is 8.26. The van der Waals surface area contributed by atoms with Crippen LogP contribution in [0.5, 0.6) is 0 Å². The van der Waals surface area contributed by atoms with Crippen molar-refractivity contribution in [2.45, 2.75) is 25.7 Å². The summed E-state index contributed by atoms with van der Waals surface area (Å²) in [5.41, 5.74) is 1.53. The fraction of sp³-hybridized carbons (Fsp3) is 0.409. The van der Waals surface area contributed by atoms with Crippen LogP contribution >= 0.6 is 11.6 Å². The first-order valence-electron chi connectivity index (χ1n) is 9.47. The largest absolute Gasteiger partial charge is 0.462 e. The zero-order valence-electron chi connectivity index (χ0n) is 15.2.